The first-order valence-electron chi connectivity index (χ1n) is 14.7. The van der Waals surface area contributed by atoms with Crippen molar-refractivity contribution in [1.29, 1.82) is 0 Å². The van der Waals surface area contributed by atoms with Gasteiger partial charge in [0.2, 0.25) is 17.6 Å². The van der Waals surface area contributed by atoms with Gasteiger partial charge in [-0.15, -0.1) is 0 Å². The van der Waals surface area contributed by atoms with E-state index in [1.165, 1.54) is 0 Å². The number of nitrogens with zero attached hydrogens (tertiary/aromatic N) is 4. The normalized spacial score (nSPS) is 24.0. The molecule has 5 amide bonds. The van der Waals surface area contributed by atoms with E-state index in [0.29, 0.717) is 0 Å². The molecule has 1 saturated heterocycles. The van der Waals surface area contributed by atoms with Crippen LogP contribution in [0.25, 0.3) is 0 Å². The molecule has 270 valence electrons. The maximum absolute atomic E-state index is 14.2. The fraction of sp³-hybridized carbons (Fsp3) is 0.741. The minimum absolute atomic E-state index is 0.385. The molecule has 1 fully saturated rings. The molecule has 0 aromatic heterocycles. The van der Waals surface area contributed by atoms with E-state index in [1.807, 2.05) is 0 Å². The molecule has 0 aliphatic carbocycles. The van der Waals surface area contributed by atoms with E-state index in [2.05, 4.69) is 20.6 Å². The lowest BCUT2D eigenvalue weighted by atomic mass is 9.85. The first-order chi connectivity index (χ1) is 21.7. The zero-order valence-electron chi connectivity index (χ0n) is 28.4. The standard InChI is InChI=1S/C27H43N7O13S/c1-24(2,3)45-20(36)31-18-29-14(13-42-17(28)35)16-27(15(44-22(38)33(18)27)11-12-43-48(10,40)41)34(23(39)47-26(7,8)9)19(30-16)32-21(37)46-25(4,5)6/h14-16H,11-13H2,1-10H3,(H2,28,35)(H,29,31,36)(H,30,32,37)/t14-,15+,16-,27-/m0/s1. The average molecular weight is 706 g/mol. The largest absolute Gasteiger partial charge is 0.447 e. The summed E-state index contributed by atoms with van der Waals surface area (Å²) in [6.07, 6.45) is -6.76. The molecule has 21 heteroatoms. The first-order valence-corrected chi connectivity index (χ1v) is 16.5. The van der Waals surface area contributed by atoms with Crippen molar-refractivity contribution in [2.75, 3.05) is 19.5 Å². The lowest BCUT2D eigenvalue weighted by molar-refractivity contribution is -0.0377. The van der Waals surface area contributed by atoms with E-state index in [9.17, 15) is 32.4 Å². The summed E-state index contributed by atoms with van der Waals surface area (Å²) < 4.78 is 55.7. The highest BCUT2D eigenvalue weighted by Gasteiger charge is 2.73. The summed E-state index contributed by atoms with van der Waals surface area (Å²) in [5.41, 5.74) is -0.129. The van der Waals surface area contributed by atoms with Gasteiger partial charge in [0.1, 0.15) is 35.5 Å². The molecule has 4 atom stereocenters. The van der Waals surface area contributed by atoms with Crippen molar-refractivity contribution in [2.45, 2.75) is 109 Å². The van der Waals surface area contributed by atoms with Gasteiger partial charge in [-0.25, -0.2) is 43.8 Å². The maximum Gasteiger partial charge on any atom is 0.419 e. The third kappa shape index (κ3) is 9.14. The lowest BCUT2D eigenvalue weighted by Gasteiger charge is -2.48. The average Bonchev–Trinajstić information content (AvgIpc) is 3.32. The van der Waals surface area contributed by atoms with Crippen LogP contribution in [0, 0.1) is 0 Å². The van der Waals surface area contributed by atoms with Crippen LogP contribution in [0.3, 0.4) is 0 Å². The van der Waals surface area contributed by atoms with E-state index in [-0.39, 0.29) is 6.42 Å². The molecule has 1 spiro atoms. The SMILES string of the molecule is CC(C)(C)OC(=O)NC1=N[C@@H](COC(N)=O)[C@@H]2N=C(NC(=O)OC(C)(C)C)N(C(=O)OC(C)(C)C)[C@@]23[C@@H](CCOS(C)(=O)=O)OC(=O)N13. The Labute approximate surface area is 277 Å². The van der Waals surface area contributed by atoms with Gasteiger partial charge in [0.05, 0.1) is 12.9 Å². The first kappa shape index (κ1) is 38.1. The monoisotopic (exact) mass is 705 g/mol. The summed E-state index contributed by atoms with van der Waals surface area (Å²) in [4.78, 5) is 76.2. The number of carbonyl (C=O) groups excluding carboxylic acids is 5. The molecular formula is C27H43N7O13S. The number of amides is 5. The Morgan fingerprint density at radius 1 is 0.896 bits per heavy atom. The summed E-state index contributed by atoms with van der Waals surface area (Å²) >= 11 is 0. The van der Waals surface area contributed by atoms with Gasteiger partial charge in [-0.2, -0.15) is 8.42 Å². The third-order valence-electron chi connectivity index (χ3n) is 6.26. The van der Waals surface area contributed by atoms with Gasteiger partial charge in [-0.05, 0) is 62.3 Å². The van der Waals surface area contributed by atoms with E-state index in [4.69, 9.17) is 33.6 Å². The topological polar surface area (TPSA) is 256 Å². The molecule has 0 aromatic carbocycles. The number of carbonyl (C=O) groups is 5. The van der Waals surface area contributed by atoms with Gasteiger partial charge in [0.25, 0.3) is 10.1 Å². The molecule has 4 N–H and O–H groups in total. The quantitative estimate of drug-likeness (QED) is 0.263. The van der Waals surface area contributed by atoms with E-state index >= 15 is 0 Å². The Bertz CT molecular complexity index is 1490. The molecule has 48 heavy (non-hydrogen) atoms. The number of alkyl carbamates (subject to hydrolysis) is 2. The predicted octanol–water partition coefficient (Wildman–Crippen LogP) is 1.73. The van der Waals surface area contributed by atoms with Crippen LogP contribution in [0.1, 0.15) is 68.7 Å². The van der Waals surface area contributed by atoms with Crippen LogP contribution < -0.4 is 16.4 Å². The summed E-state index contributed by atoms with van der Waals surface area (Å²) in [5, 5.41) is 4.77. The number of ether oxygens (including phenoxy) is 5. The van der Waals surface area contributed by atoms with Crippen molar-refractivity contribution in [2.24, 2.45) is 15.7 Å². The lowest BCUT2D eigenvalue weighted by Crippen LogP contribution is -2.76. The smallest absolute Gasteiger partial charge is 0.419 e. The number of cyclic esters (lactones) is 1. The van der Waals surface area contributed by atoms with Crippen LogP contribution in [-0.4, -0.2) is 121 Å². The second kappa shape index (κ2) is 13.2. The van der Waals surface area contributed by atoms with E-state index in [1.54, 1.807) is 62.3 Å². The Balaban J connectivity index is 2.30. The molecule has 0 aromatic rings. The Kier molecular flexibility index (Phi) is 10.5. The maximum atomic E-state index is 14.2. The van der Waals surface area contributed by atoms with Crippen molar-refractivity contribution in [3.05, 3.63) is 0 Å². The molecule has 3 aliphatic heterocycles. The second-order valence-corrected chi connectivity index (χ2v) is 15.6. The Morgan fingerprint density at radius 2 is 1.42 bits per heavy atom. The van der Waals surface area contributed by atoms with Gasteiger partial charge in [0, 0.05) is 6.42 Å². The van der Waals surface area contributed by atoms with E-state index < -0.39 is 106 Å². The molecule has 3 aliphatic rings. The van der Waals surface area contributed by atoms with Crippen LogP contribution in [0.4, 0.5) is 24.0 Å². The number of guanidine groups is 2. The highest BCUT2D eigenvalue weighted by molar-refractivity contribution is 7.85. The van der Waals surface area contributed by atoms with Crippen LogP contribution in [0.15, 0.2) is 9.98 Å². The van der Waals surface area contributed by atoms with Gasteiger partial charge < -0.3 is 29.4 Å². The zero-order valence-corrected chi connectivity index (χ0v) is 29.3. The molecule has 0 unspecified atom stereocenters. The van der Waals surface area contributed by atoms with Gasteiger partial charge in [-0.3, -0.25) is 14.8 Å². The Morgan fingerprint density at radius 3 is 1.90 bits per heavy atom. The number of rotatable bonds is 6. The van der Waals surface area contributed by atoms with Crippen LogP contribution in [0.2, 0.25) is 0 Å². The summed E-state index contributed by atoms with van der Waals surface area (Å²) in [5.74, 6) is -1.03. The van der Waals surface area contributed by atoms with Crippen molar-refractivity contribution >= 4 is 52.5 Å². The van der Waals surface area contributed by atoms with Crippen molar-refractivity contribution < 1.29 is 60.3 Å². The highest BCUT2D eigenvalue weighted by atomic mass is 32.2. The van der Waals surface area contributed by atoms with Crippen LogP contribution in [0.5, 0.6) is 0 Å². The summed E-state index contributed by atoms with van der Waals surface area (Å²) in [7, 11) is -3.98. The third-order valence-corrected chi connectivity index (χ3v) is 6.86. The number of aliphatic imine (C=N–C) groups is 2. The van der Waals surface area contributed by atoms with E-state index in [0.717, 1.165) is 16.1 Å². The zero-order chi connectivity index (χ0) is 36.6. The molecule has 3 rings (SSSR count). The fourth-order valence-electron chi connectivity index (χ4n) is 5.00. The minimum Gasteiger partial charge on any atom is -0.447 e. The molecule has 0 radical (unpaired) electrons. The molecule has 20 nitrogen and oxygen atoms in total. The number of primary amides is 1. The summed E-state index contributed by atoms with van der Waals surface area (Å²) in [6, 6.07) is -2.76. The fourth-order valence-corrected chi connectivity index (χ4v) is 5.39. The number of hydrogen-bond donors (Lipinski definition) is 3. The van der Waals surface area contributed by atoms with Crippen molar-refractivity contribution in [1.82, 2.24) is 20.4 Å². The molecule has 0 bridgehead atoms. The van der Waals surface area contributed by atoms with Crippen LogP contribution in [-0.2, 0) is 38.0 Å². The van der Waals surface area contributed by atoms with Crippen LogP contribution >= 0.6 is 0 Å². The molecule has 3 heterocycles. The Hall–Kier alpha value is -4.40. The number of nitrogens with one attached hydrogen (secondary N) is 2. The van der Waals surface area contributed by atoms with Crippen molar-refractivity contribution in [3.63, 3.8) is 0 Å². The minimum atomic E-state index is -3.98. The number of nitrogens with two attached hydrogens (primary N) is 1. The molecule has 0 saturated carbocycles. The van der Waals surface area contributed by atoms with Gasteiger partial charge in [-0.1, -0.05) is 0 Å². The van der Waals surface area contributed by atoms with Gasteiger partial charge in [0.15, 0.2) is 6.10 Å². The number of hydrogen-bond acceptors (Lipinski definition) is 15. The summed E-state index contributed by atoms with van der Waals surface area (Å²) in [6.45, 7) is 13.0. The van der Waals surface area contributed by atoms with Gasteiger partial charge >= 0.3 is 30.5 Å². The highest BCUT2D eigenvalue weighted by Crippen LogP contribution is 2.48. The molecular weight excluding hydrogens is 662 g/mol. The van der Waals surface area contributed by atoms with Crippen molar-refractivity contribution in [3.8, 4) is 0 Å². The second-order valence-electron chi connectivity index (χ2n) is 13.9. The predicted molar refractivity (Wildman–Crippen MR) is 165 cm³/mol.